The Kier molecular flexibility index (Phi) is 2.64. The zero-order chi connectivity index (χ0) is 12.5. The topological polar surface area (TPSA) is 48.3 Å². The van der Waals surface area contributed by atoms with Gasteiger partial charge in [-0.1, -0.05) is 0 Å². The van der Waals surface area contributed by atoms with Crippen molar-refractivity contribution in [2.24, 2.45) is 0 Å². The number of ether oxygens (including phenoxy) is 2. The average molecular weight is 261 g/mol. The van der Waals surface area contributed by atoms with Gasteiger partial charge >= 0.3 is 0 Å². The molecule has 18 heavy (non-hydrogen) atoms. The fourth-order valence-corrected chi connectivity index (χ4v) is 1.90. The number of aryl methyl sites for hydroxylation is 1. The van der Waals surface area contributed by atoms with Crippen LogP contribution in [0.2, 0.25) is 0 Å². The quantitative estimate of drug-likeness (QED) is 0.797. The molecule has 1 aromatic heterocycles. The Morgan fingerprint density at radius 3 is 3.00 bits per heavy atom. The largest absolute Gasteiger partial charge is 0.454 e. The van der Waals surface area contributed by atoms with E-state index in [1.165, 1.54) is 0 Å². The van der Waals surface area contributed by atoms with Gasteiger partial charge in [-0.2, -0.15) is 5.10 Å². The maximum atomic E-state index is 5.30. The molecule has 0 atom stereocenters. The van der Waals surface area contributed by atoms with Crippen molar-refractivity contribution in [1.82, 2.24) is 9.78 Å². The molecule has 5 nitrogen and oxygen atoms in total. The predicted octanol–water partition coefficient (Wildman–Crippen LogP) is 2.17. The summed E-state index contributed by atoms with van der Waals surface area (Å²) in [5.74, 6) is 1.47. The zero-order valence-corrected chi connectivity index (χ0v) is 10.5. The second kappa shape index (κ2) is 4.30. The van der Waals surface area contributed by atoms with Crippen molar-refractivity contribution in [2.45, 2.75) is 6.92 Å². The van der Waals surface area contributed by atoms with Gasteiger partial charge in [-0.25, -0.2) is 4.68 Å². The summed E-state index contributed by atoms with van der Waals surface area (Å²) in [6.07, 6.45) is 3.62. The van der Waals surface area contributed by atoms with Crippen LogP contribution in [0.25, 0.3) is 0 Å². The molecular formula is C12H11N3O2S. The number of anilines is 1. The molecule has 0 saturated heterocycles. The van der Waals surface area contributed by atoms with Gasteiger partial charge in [0, 0.05) is 18.0 Å². The molecule has 2 aromatic rings. The lowest BCUT2D eigenvalue weighted by atomic mass is 10.3. The normalized spacial score (nSPS) is 12.5. The Hall–Kier alpha value is -2.08. The summed E-state index contributed by atoms with van der Waals surface area (Å²) in [5.41, 5.74) is 1.90. The molecule has 0 saturated carbocycles. The van der Waals surface area contributed by atoms with Crippen LogP contribution in [0.1, 0.15) is 5.56 Å². The molecule has 3 rings (SSSR count). The third-order valence-electron chi connectivity index (χ3n) is 2.54. The fraction of sp³-hybridized carbons (Fsp3) is 0.167. The van der Waals surface area contributed by atoms with Gasteiger partial charge in [-0.05, 0) is 36.8 Å². The summed E-state index contributed by atoms with van der Waals surface area (Å²) in [6, 6.07) is 5.59. The summed E-state index contributed by atoms with van der Waals surface area (Å²) in [5, 5.41) is 7.75. The summed E-state index contributed by atoms with van der Waals surface area (Å²) >= 11 is 5.26. The lowest BCUT2D eigenvalue weighted by Gasteiger charge is -2.08. The molecule has 0 bridgehead atoms. The van der Waals surface area contributed by atoms with Crippen LogP contribution in [0.3, 0.4) is 0 Å². The predicted molar refractivity (Wildman–Crippen MR) is 71.1 cm³/mol. The summed E-state index contributed by atoms with van der Waals surface area (Å²) in [6.45, 7) is 2.23. The minimum absolute atomic E-state index is 0.265. The van der Waals surface area contributed by atoms with E-state index in [2.05, 4.69) is 10.4 Å². The summed E-state index contributed by atoms with van der Waals surface area (Å²) in [7, 11) is 0. The van der Waals surface area contributed by atoms with Crippen molar-refractivity contribution in [2.75, 3.05) is 12.1 Å². The van der Waals surface area contributed by atoms with E-state index in [9.17, 15) is 0 Å². The Labute approximate surface area is 109 Å². The summed E-state index contributed by atoms with van der Waals surface area (Å²) in [4.78, 5) is 0. The van der Waals surface area contributed by atoms with Gasteiger partial charge in [0.25, 0.3) is 0 Å². The minimum Gasteiger partial charge on any atom is -0.454 e. The van der Waals surface area contributed by atoms with Crippen LogP contribution in [0.4, 0.5) is 5.69 Å². The second-order valence-electron chi connectivity index (χ2n) is 3.96. The smallest absolute Gasteiger partial charge is 0.231 e. The molecule has 1 aliphatic rings. The Morgan fingerprint density at radius 2 is 2.22 bits per heavy atom. The van der Waals surface area contributed by atoms with Crippen molar-refractivity contribution in [3.05, 3.63) is 36.2 Å². The molecule has 0 aliphatic carbocycles. The first-order valence-corrected chi connectivity index (χ1v) is 5.85. The number of fused-ring (bicyclic) bond motifs is 1. The molecule has 92 valence electrons. The standard InChI is InChI=1S/C12H11N3O2S/c1-8-5-13-15(6-8)12(18)14-9-2-3-10-11(4-9)17-7-16-10/h2-6H,7H2,1H3,(H,14,18). The average Bonchev–Trinajstić information content (AvgIpc) is 2.96. The van der Waals surface area contributed by atoms with Crippen LogP contribution in [-0.2, 0) is 0 Å². The van der Waals surface area contributed by atoms with Crippen LogP contribution < -0.4 is 14.8 Å². The van der Waals surface area contributed by atoms with Crippen LogP contribution in [-0.4, -0.2) is 21.7 Å². The number of aromatic nitrogens is 2. The zero-order valence-electron chi connectivity index (χ0n) is 9.71. The first-order valence-electron chi connectivity index (χ1n) is 5.45. The van der Waals surface area contributed by atoms with Gasteiger partial charge in [-0.15, -0.1) is 0 Å². The molecule has 0 fully saturated rings. The molecule has 2 heterocycles. The van der Waals surface area contributed by atoms with Crippen LogP contribution >= 0.6 is 12.2 Å². The van der Waals surface area contributed by atoms with E-state index >= 15 is 0 Å². The number of rotatable bonds is 1. The van der Waals surface area contributed by atoms with E-state index in [1.807, 2.05) is 31.3 Å². The van der Waals surface area contributed by atoms with Gasteiger partial charge < -0.3 is 14.8 Å². The lowest BCUT2D eigenvalue weighted by Crippen LogP contribution is -2.19. The van der Waals surface area contributed by atoms with Crippen molar-refractivity contribution in [1.29, 1.82) is 0 Å². The van der Waals surface area contributed by atoms with E-state index in [-0.39, 0.29) is 6.79 Å². The highest BCUT2D eigenvalue weighted by Gasteiger charge is 2.13. The third-order valence-corrected chi connectivity index (χ3v) is 2.83. The van der Waals surface area contributed by atoms with Gasteiger partial charge in [0.2, 0.25) is 6.79 Å². The third kappa shape index (κ3) is 2.02. The first-order chi connectivity index (χ1) is 8.72. The molecule has 1 N–H and O–H groups in total. The number of benzene rings is 1. The van der Waals surface area contributed by atoms with E-state index in [4.69, 9.17) is 21.7 Å². The summed E-state index contributed by atoms with van der Waals surface area (Å²) < 4.78 is 12.2. The van der Waals surface area contributed by atoms with Crippen molar-refractivity contribution in [3.63, 3.8) is 0 Å². The number of hydrogen-bond acceptors (Lipinski definition) is 4. The maximum Gasteiger partial charge on any atom is 0.231 e. The van der Waals surface area contributed by atoms with Gasteiger partial charge in [-0.3, -0.25) is 0 Å². The van der Waals surface area contributed by atoms with Crippen molar-refractivity contribution >= 4 is 23.0 Å². The van der Waals surface area contributed by atoms with Gasteiger partial charge in [0.1, 0.15) is 0 Å². The maximum absolute atomic E-state index is 5.30. The first kappa shape index (κ1) is 11.0. The van der Waals surface area contributed by atoms with Crippen LogP contribution in [0.5, 0.6) is 11.5 Å². The van der Waals surface area contributed by atoms with E-state index in [0.29, 0.717) is 5.11 Å². The Balaban J connectivity index is 1.78. The molecule has 6 heteroatoms. The number of nitrogens with one attached hydrogen (secondary N) is 1. The van der Waals surface area contributed by atoms with E-state index in [1.54, 1.807) is 10.9 Å². The Bertz CT molecular complexity index is 609. The second-order valence-corrected chi connectivity index (χ2v) is 4.35. The van der Waals surface area contributed by atoms with Gasteiger partial charge in [0.15, 0.2) is 16.6 Å². The number of thiocarbonyl (C=S) groups is 1. The molecule has 0 unspecified atom stereocenters. The van der Waals surface area contributed by atoms with E-state index < -0.39 is 0 Å². The fourth-order valence-electron chi connectivity index (χ4n) is 1.68. The Morgan fingerprint density at radius 1 is 1.39 bits per heavy atom. The number of nitrogens with zero attached hydrogens (tertiary/aromatic N) is 2. The molecule has 0 spiro atoms. The van der Waals surface area contributed by atoms with Crippen molar-refractivity contribution in [3.8, 4) is 11.5 Å². The van der Waals surface area contributed by atoms with Crippen LogP contribution in [0.15, 0.2) is 30.6 Å². The van der Waals surface area contributed by atoms with Crippen molar-refractivity contribution < 1.29 is 9.47 Å². The molecule has 0 radical (unpaired) electrons. The van der Waals surface area contributed by atoms with Gasteiger partial charge in [0.05, 0.1) is 6.20 Å². The highest BCUT2D eigenvalue weighted by molar-refractivity contribution is 7.80. The minimum atomic E-state index is 0.265. The molecule has 0 amide bonds. The molecule has 1 aromatic carbocycles. The van der Waals surface area contributed by atoms with E-state index in [0.717, 1.165) is 22.7 Å². The SMILES string of the molecule is Cc1cnn(C(=S)Nc2ccc3c(c2)OCO3)c1. The lowest BCUT2D eigenvalue weighted by molar-refractivity contribution is 0.174. The molecular weight excluding hydrogens is 250 g/mol. The molecule has 1 aliphatic heterocycles. The van der Waals surface area contributed by atoms with Crippen LogP contribution in [0, 0.1) is 6.92 Å². The number of hydrogen-bond donors (Lipinski definition) is 1. The monoisotopic (exact) mass is 261 g/mol. The highest BCUT2D eigenvalue weighted by Crippen LogP contribution is 2.34. The highest BCUT2D eigenvalue weighted by atomic mass is 32.1.